The number of carbonyl (C=O) groups is 1. The van der Waals surface area contributed by atoms with Gasteiger partial charge in [0.25, 0.3) is 5.91 Å². The summed E-state index contributed by atoms with van der Waals surface area (Å²) in [6, 6.07) is -0.0310. The van der Waals surface area contributed by atoms with Crippen LogP contribution in [-0.4, -0.2) is 35.1 Å². The van der Waals surface area contributed by atoms with Crippen LogP contribution in [0.25, 0.3) is 0 Å². The van der Waals surface area contributed by atoms with Gasteiger partial charge >= 0.3 is 0 Å². The van der Waals surface area contributed by atoms with Crippen molar-refractivity contribution in [1.29, 1.82) is 0 Å². The van der Waals surface area contributed by atoms with Crippen molar-refractivity contribution in [3.05, 3.63) is 22.6 Å². The number of carbonyl (C=O) groups excluding carboxylic acids is 1. The maximum Gasteiger partial charge on any atom is 0.258 e. The second kappa shape index (κ2) is 4.53. The molecule has 1 aromatic heterocycles. The summed E-state index contributed by atoms with van der Waals surface area (Å²) in [6.07, 6.45) is 1.85. The summed E-state index contributed by atoms with van der Waals surface area (Å²) < 4.78 is 5.48. The van der Waals surface area contributed by atoms with Crippen molar-refractivity contribution in [2.45, 2.75) is 39.7 Å². The zero-order valence-corrected chi connectivity index (χ0v) is 10.6. The highest BCUT2D eigenvalue weighted by Gasteiger charge is 2.31. The van der Waals surface area contributed by atoms with Crippen LogP contribution in [0, 0.1) is 20.8 Å². The lowest BCUT2D eigenvalue weighted by atomic mass is 10.1. The Bertz CT molecular complexity index is 436. The number of aliphatic hydroxyl groups is 1. The first-order valence-corrected chi connectivity index (χ1v) is 6.04. The van der Waals surface area contributed by atoms with Crippen LogP contribution in [0.1, 0.15) is 40.3 Å². The first-order chi connectivity index (χ1) is 8.06. The van der Waals surface area contributed by atoms with Gasteiger partial charge in [0.1, 0.15) is 11.5 Å². The van der Waals surface area contributed by atoms with Crippen LogP contribution in [0.3, 0.4) is 0 Å². The van der Waals surface area contributed by atoms with E-state index in [0.717, 1.165) is 30.7 Å². The summed E-state index contributed by atoms with van der Waals surface area (Å²) in [5.41, 5.74) is 1.58. The fraction of sp³-hybridized carbons (Fsp3) is 0.615. The van der Waals surface area contributed by atoms with Gasteiger partial charge in [-0.05, 0) is 33.6 Å². The molecular formula is C13H19NO3. The van der Waals surface area contributed by atoms with E-state index in [1.165, 1.54) is 0 Å². The minimum Gasteiger partial charge on any atom is -0.466 e. The smallest absolute Gasteiger partial charge is 0.258 e. The number of hydrogen-bond acceptors (Lipinski definition) is 3. The van der Waals surface area contributed by atoms with E-state index in [1.807, 2.05) is 20.8 Å². The van der Waals surface area contributed by atoms with Crippen molar-refractivity contribution in [2.24, 2.45) is 0 Å². The van der Waals surface area contributed by atoms with Crippen molar-refractivity contribution in [1.82, 2.24) is 4.90 Å². The normalized spacial score (nSPS) is 20.0. The van der Waals surface area contributed by atoms with Crippen molar-refractivity contribution < 1.29 is 14.3 Å². The molecule has 17 heavy (non-hydrogen) atoms. The van der Waals surface area contributed by atoms with Gasteiger partial charge in [-0.2, -0.15) is 0 Å². The first-order valence-electron chi connectivity index (χ1n) is 6.04. The fourth-order valence-corrected chi connectivity index (χ4v) is 2.54. The molecule has 1 aliphatic rings. The number of furan rings is 1. The van der Waals surface area contributed by atoms with Crippen LogP contribution < -0.4 is 0 Å². The summed E-state index contributed by atoms with van der Waals surface area (Å²) in [5.74, 6) is 1.47. The number of aliphatic hydroxyl groups excluding tert-OH is 1. The van der Waals surface area contributed by atoms with Crippen LogP contribution in [0.4, 0.5) is 0 Å². The third-order valence-electron chi connectivity index (χ3n) is 3.62. The Morgan fingerprint density at radius 3 is 2.65 bits per heavy atom. The predicted molar refractivity (Wildman–Crippen MR) is 64.1 cm³/mol. The Morgan fingerprint density at radius 1 is 1.41 bits per heavy atom. The molecule has 0 spiro atoms. The van der Waals surface area contributed by atoms with E-state index >= 15 is 0 Å². The Hall–Kier alpha value is -1.29. The Balaban J connectivity index is 2.31. The van der Waals surface area contributed by atoms with Crippen LogP contribution in [0.15, 0.2) is 4.42 Å². The number of nitrogens with zero attached hydrogens (tertiary/aromatic N) is 1. The van der Waals surface area contributed by atoms with E-state index in [4.69, 9.17) is 4.42 Å². The zero-order valence-electron chi connectivity index (χ0n) is 10.6. The summed E-state index contributed by atoms with van der Waals surface area (Å²) in [5, 5.41) is 9.26. The lowest BCUT2D eigenvalue weighted by molar-refractivity contribution is 0.0675. The molecule has 0 bridgehead atoms. The van der Waals surface area contributed by atoms with Crippen molar-refractivity contribution in [2.75, 3.05) is 13.2 Å². The third kappa shape index (κ3) is 1.97. The summed E-state index contributed by atoms with van der Waals surface area (Å²) in [6.45, 7) is 6.36. The topological polar surface area (TPSA) is 53.7 Å². The monoisotopic (exact) mass is 237 g/mol. The summed E-state index contributed by atoms with van der Waals surface area (Å²) >= 11 is 0. The lowest BCUT2D eigenvalue weighted by Crippen LogP contribution is -2.38. The molecule has 0 aromatic carbocycles. The van der Waals surface area contributed by atoms with Crippen LogP contribution >= 0.6 is 0 Å². The first kappa shape index (κ1) is 12.2. The van der Waals surface area contributed by atoms with Gasteiger partial charge in [0.2, 0.25) is 0 Å². The number of amides is 1. The SMILES string of the molecule is Cc1oc(C)c(C(=O)N2CCCC2CO)c1C. The van der Waals surface area contributed by atoms with Crippen LogP contribution in [0.2, 0.25) is 0 Å². The molecule has 0 saturated carbocycles. The molecular weight excluding hydrogens is 218 g/mol. The maximum absolute atomic E-state index is 12.4. The molecule has 1 aromatic rings. The highest BCUT2D eigenvalue weighted by Crippen LogP contribution is 2.26. The Labute approximate surface area is 101 Å². The molecule has 1 unspecified atom stereocenters. The van der Waals surface area contributed by atoms with E-state index in [2.05, 4.69) is 0 Å². The molecule has 1 aliphatic heterocycles. The van der Waals surface area contributed by atoms with E-state index in [-0.39, 0.29) is 18.6 Å². The second-order valence-corrected chi connectivity index (χ2v) is 4.69. The average molecular weight is 237 g/mol. The van der Waals surface area contributed by atoms with E-state index < -0.39 is 0 Å². The van der Waals surface area contributed by atoms with Crippen molar-refractivity contribution in [3.8, 4) is 0 Å². The highest BCUT2D eigenvalue weighted by atomic mass is 16.3. The fourth-order valence-electron chi connectivity index (χ4n) is 2.54. The van der Waals surface area contributed by atoms with Gasteiger partial charge in [-0.1, -0.05) is 0 Å². The number of hydrogen-bond donors (Lipinski definition) is 1. The molecule has 1 amide bonds. The van der Waals surface area contributed by atoms with Crippen LogP contribution in [-0.2, 0) is 0 Å². The van der Waals surface area contributed by atoms with Gasteiger partial charge in [-0.3, -0.25) is 4.79 Å². The van der Waals surface area contributed by atoms with E-state index in [9.17, 15) is 9.90 Å². The van der Waals surface area contributed by atoms with Crippen molar-refractivity contribution in [3.63, 3.8) is 0 Å². The minimum absolute atomic E-state index is 0.00611. The number of likely N-dealkylation sites (tertiary alicyclic amines) is 1. The quantitative estimate of drug-likeness (QED) is 0.853. The third-order valence-corrected chi connectivity index (χ3v) is 3.62. The minimum atomic E-state index is -0.0310. The molecule has 4 heteroatoms. The van der Waals surface area contributed by atoms with Crippen LogP contribution in [0.5, 0.6) is 0 Å². The van der Waals surface area contributed by atoms with Gasteiger partial charge < -0.3 is 14.4 Å². The molecule has 94 valence electrons. The predicted octanol–water partition coefficient (Wildman–Crippen LogP) is 1.80. The van der Waals surface area contributed by atoms with Gasteiger partial charge in [-0.15, -0.1) is 0 Å². The second-order valence-electron chi connectivity index (χ2n) is 4.69. The van der Waals surface area contributed by atoms with E-state index in [0.29, 0.717) is 11.3 Å². The Kier molecular flexibility index (Phi) is 3.24. The number of rotatable bonds is 2. The molecule has 1 N–H and O–H groups in total. The zero-order chi connectivity index (χ0) is 12.6. The van der Waals surface area contributed by atoms with E-state index in [1.54, 1.807) is 4.90 Å². The number of aryl methyl sites for hydroxylation is 2. The molecule has 1 fully saturated rings. The van der Waals surface area contributed by atoms with Crippen molar-refractivity contribution >= 4 is 5.91 Å². The van der Waals surface area contributed by atoms with Gasteiger partial charge in [0, 0.05) is 12.1 Å². The molecule has 0 radical (unpaired) electrons. The van der Waals surface area contributed by atoms with Gasteiger partial charge in [0.15, 0.2) is 0 Å². The lowest BCUT2D eigenvalue weighted by Gasteiger charge is -2.23. The standard InChI is InChI=1S/C13H19NO3/c1-8-9(2)17-10(3)12(8)13(16)14-6-4-5-11(14)7-15/h11,15H,4-7H2,1-3H3. The maximum atomic E-state index is 12.4. The largest absolute Gasteiger partial charge is 0.466 e. The summed E-state index contributed by atoms with van der Waals surface area (Å²) in [4.78, 5) is 14.2. The molecule has 4 nitrogen and oxygen atoms in total. The molecule has 1 atom stereocenters. The van der Waals surface area contributed by atoms with Gasteiger partial charge in [-0.25, -0.2) is 0 Å². The molecule has 0 aliphatic carbocycles. The Morgan fingerprint density at radius 2 is 2.12 bits per heavy atom. The average Bonchev–Trinajstić information content (AvgIpc) is 2.84. The molecule has 2 heterocycles. The highest BCUT2D eigenvalue weighted by molar-refractivity contribution is 5.97. The summed E-state index contributed by atoms with van der Waals surface area (Å²) in [7, 11) is 0. The van der Waals surface area contributed by atoms with Gasteiger partial charge in [0.05, 0.1) is 18.2 Å². The molecule has 2 rings (SSSR count). The molecule has 1 saturated heterocycles.